The molecule has 3 unspecified atom stereocenters. The lowest BCUT2D eigenvalue weighted by Gasteiger charge is -2.40. The van der Waals surface area contributed by atoms with E-state index in [1.807, 2.05) is 4.90 Å². The summed E-state index contributed by atoms with van der Waals surface area (Å²) in [6.45, 7) is 1.35. The number of carbonyl (C=O) groups excluding carboxylic acids is 2. The van der Waals surface area contributed by atoms with E-state index < -0.39 is 0 Å². The minimum absolute atomic E-state index is 0.0266. The summed E-state index contributed by atoms with van der Waals surface area (Å²) in [5.41, 5.74) is 1.40. The van der Waals surface area contributed by atoms with E-state index in [4.69, 9.17) is 4.52 Å². The summed E-state index contributed by atoms with van der Waals surface area (Å²) in [6.07, 6.45) is 7.94. The van der Waals surface area contributed by atoms with E-state index in [1.54, 1.807) is 6.07 Å². The van der Waals surface area contributed by atoms with Crippen LogP contribution in [0, 0.1) is 11.7 Å². The van der Waals surface area contributed by atoms with Gasteiger partial charge in [-0.1, -0.05) is 18.0 Å². The molecule has 5 rings (SSSR count). The zero-order valence-electron chi connectivity index (χ0n) is 18.3. The number of halogens is 1. The molecule has 1 aliphatic carbocycles. The summed E-state index contributed by atoms with van der Waals surface area (Å²) >= 11 is 0. The van der Waals surface area contributed by atoms with E-state index in [1.165, 1.54) is 18.6 Å². The second-order valence-electron chi connectivity index (χ2n) is 9.48. The van der Waals surface area contributed by atoms with Gasteiger partial charge >= 0.3 is 0 Å². The molecule has 2 amide bonds. The minimum Gasteiger partial charge on any atom is -0.356 e. The number of hydrogen-bond acceptors (Lipinski definition) is 5. The molecule has 2 saturated heterocycles. The van der Waals surface area contributed by atoms with Crippen LogP contribution in [0.4, 0.5) is 4.39 Å². The van der Waals surface area contributed by atoms with Gasteiger partial charge in [-0.05, 0) is 56.7 Å². The van der Waals surface area contributed by atoms with Gasteiger partial charge in [-0.3, -0.25) is 14.9 Å². The van der Waals surface area contributed by atoms with Crippen LogP contribution in [-0.2, 0) is 9.59 Å². The zero-order chi connectivity index (χ0) is 22.1. The number of fused-ring (bicyclic) bond motifs is 2. The SMILES string of the molecule is O=C1NC(CCCC(=O)N2CCC(c3noc4ccc(F)cc34)CC2)NC2CCCCC12. The van der Waals surface area contributed by atoms with Crippen molar-refractivity contribution in [2.75, 3.05) is 13.1 Å². The fourth-order valence-corrected chi connectivity index (χ4v) is 5.62. The van der Waals surface area contributed by atoms with E-state index in [0.29, 0.717) is 31.1 Å². The number of carbonyl (C=O) groups is 2. The summed E-state index contributed by atoms with van der Waals surface area (Å²) in [4.78, 5) is 27.0. The molecule has 7 nitrogen and oxygen atoms in total. The number of piperidine rings is 1. The Morgan fingerprint density at radius 1 is 1.19 bits per heavy atom. The first-order valence-electron chi connectivity index (χ1n) is 12.0. The Balaban J connectivity index is 1.08. The van der Waals surface area contributed by atoms with E-state index in [0.717, 1.165) is 56.0 Å². The Morgan fingerprint density at radius 2 is 2.00 bits per heavy atom. The molecule has 2 aromatic rings. The summed E-state index contributed by atoms with van der Waals surface area (Å²) in [6, 6.07) is 4.75. The van der Waals surface area contributed by atoms with Crippen molar-refractivity contribution in [3.8, 4) is 0 Å². The molecule has 8 heteroatoms. The van der Waals surface area contributed by atoms with Gasteiger partial charge in [0.05, 0.1) is 17.8 Å². The van der Waals surface area contributed by atoms with Crippen LogP contribution in [0.15, 0.2) is 22.7 Å². The zero-order valence-corrected chi connectivity index (χ0v) is 18.3. The highest BCUT2D eigenvalue weighted by Crippen LogP contribution is 2.33. The first kappa shape index (κ1) is 21.4. The van der Waals surface area contributed by atoms with Crippen LogP contribution in [0.2, 0.25) is 0 Å². The van der Waals surface area contributed by atoms with Gasteiger partial charge in [-0.15, -0.1) is 0 Å². The molecule has 3 fully saturated rings. The summed E-state index contributed by atoms with van der Waals surface area (Å²) in [7, 11) is 0. The molecule has 2 aliphatic heterocycles. The van der Waals surface area contributed by atoms with Crippen LogP contribution in [0.25, 0.3) is 11.0 Å². The normalized spacial score (nSPS) is 26.7. The molecule has 1 saturated carbocycles. The van der Waals surface area contributed by atoms with Crippen molar-refractivity contribution < 1.29 is 18.5 Å². The molecule has 2 N–H and O–H groups in total. The standard InChI is InChI=1S/C24H31FN4O3/c25-16-8-9-20-18(14-16)23(28-32-20)15-10-12-29(13-11-15)22(30)7-3-6-21-26-19-5-2-1-4-17(19)24(31)27-21/h8-9,14-15,17,19,21,26H,1-7,10-13H2,(H,27,31). The van der Waals surface area contributed by atoms with Gasteiger partial charge in [0.2, 0.25) is 11.8 Å². The van der Waals surface area contributed by atoms with Crippen molar-refractivity contribution in [1.29, 1.82) is 0 Å². The van der Waals surface area contributed by atoms with Crippen molar-refractivity contribution in [1.82, 2.24) is 20.7 Å². The molecular weight excluding hydrogens is 411 g/mol. The second-order valence-corrected chi connectivity index (χ2v) is 9.48. The molecular formula is C24H31FN4O3. The van der Waals surface area contributed by atoms with Crippen LogP contribution in [-0.4, -0.2) is 47.2 Å². The predicted octanol–water partition coefficient (Wildman–Crippen LogP) is 3.45. The molecule has 0 radical (unpaired) electrons. The highest BCUT2D eigenvalue weighted by molar-refractivity contribution is 5.81. The van der Waals surface area contributed by atoms with Crippen LogP contribution in [0.3, 0.4) is 0 Å². The number of nitrogens with one attached hydrogen (secondary N) is 2. The predicted molar refractivity (Wildman–Crippen MR) is 117 cm³/mol. The summed E-state index contributed by atoms with van der Waals surface area (Å²) < 4.78 is 19.0. The highest BCUT2D eigenvalue weighted by atomic mass is 19.1. The first-order valence-corrected chi connectivity index (χ1v) is 12.0. The third-order valence-corrected chi connectivity index (χ3v) is 7.41. The van der Waals surface area contributed by atoms with E-state index in [2.05, 4.69) is 15.8 Å². The molecule has 3 aliphatic rings. The summed E-state index contributed by atoms with van der Waals surface area (Å²) in [5.74, 6) is 0.329. The lowest BCUT2D eigenvalue weighted by molar-refractivity contribution is -0.132. The minimum atomic E-state index is -0.294. The van der Waals surface area contributed by atoms with Gasteiger partial charge in [-0.25, -0.2) is 4.39 Å². The Bertz CT molecular complexity index is 985. The van der Waals surface area contributed by atoms with Crippen molar-refractivity contribution >= 4 is 22.8 Å². The number of rotatable bonds is 5. The van der Waals surface area contributed by atoms with Crippen LogP contribution in [0.5, 0.6) is 0 Å². The Kier molecular flexibility index (Phi) is 6.13. The average Bonchev–Trinajstić information content (AvgIpc) is 3.22. The Hall–Kier alpha value is -2.48. The van der Waals surface area contributed by atoms with Crippen molar-refractivity contribution in [3.05, 3.63) is 29.7 Å². The van der Waals surface area contributed by atoms with E-state index in [9.17, 15) is 14.0 Å². The molecule has 0 bridgehead atoms. The number of amides is 2. The maximum Gasteiger partial charge on any atom is 0.225 e. The van der Waals surface area contributed by atoms with Crippen molar-refractivity contribution in [2.24, 2.45) is 5.92 Å². The molecule has 0 spiro atoms. The van der Waals surface area contributed by atoms with Gasteiger partial charge < -0.3 is 14.7 Å². The Morgan fingerprint density at radius 3 is 2.84 bits per heavy atom. The topological polar surface area (TPSA) is 87.5 Å². The Labute approximate surface area is 187 Å². The van der Waals surface area contributed by atoms with Gasteiger partial charge in [0, 0.05) is 36.9 Å². The third kappa shape index (κ3) is 4.37. The fourth-order valence-electron chi connectivity index (χ4n) is 5.62. The third-order valence-electron chi connectivity index (χ3n) is 7.41. The van der Waals surface area contributed by atoms with Crippen molar-refractivity contribution in [2.45, 2.75) is 75.9 Å². The second kappa shape index (κ2) is 9.17. The largest absolute Gasteiger partial charge is 0.356 e. The fraction of sp³-hybridized carbons (Fsp3) is 0.625. The van der Waals surface area contributed by atoms with Crippen LogP contribution >= 0.6 is 0 Å². The molecule has 1 aromatic carbocycles. The van der Waals surface area contributed by atoms with Crippen molar-refractivity contribution in [3.63, 3.8) is 0 Å². The van der Waals surface area contributed by atoms with E-state index in [-0.39, 0.29) is 35.6 Å². The maximum atomic E-state index is 13.6. The number of benzene rings is 1. The average molecular weight is 443 g/mol. The molecule has 3 atom stereocenters. The monoisotopic (exact) mass is 442 g/mol. The molecule has 3 heterocycles. The van der Waals surface area contributed by atoms with Crippen LogP contribution in [0.1, 0.15) is 69.4 Å². The molecule has 172 valence electrons. The molecule has 1 aromatic heterocycles. The van der Waals surface area contributed by atoms with Crippen LogP contribution < -0.4 is 10.6 Å². The number of hydrogen-bond donors (Lipinski definition) is 2. The molecule has 32 heavy (non-hydrogen) atoms. The quantitative estimate of drug-likeness (QED) is 0.741. The lowest BCUT2D eigenvalue weighted by Crippen LogP contribution is -2.62. The van der Waals surface area contributed by atoms with Gasteiger partial charge in [0.15, 0.2) is 5.58 Å². The number of nitrogens with zero attached hydrogens (tertiary/aromatic N) is 2. The van der Waals surface area contributed by atoms with Gasteiger partial charge in [-0.2, -0.15) is 0 Å². The lowest BCUT2D eigenvalue weighted by atomic mass is 9.82. The van der Waals surface area contributed by atoms with Gasteiger partial charge in [0.1, 0.15) is 5.82 Å². The summed E-state index contributed by atoms with van der Waals surface area (Å²) in [5, 5.41) is 11.6. The van der Waals surface area contributed by atoms with E-state index >= 15 is 0 Å². The highest BCUT2D eigenvalue weighted by Gasteiger charge is 2.37. The number of aromatic nitrogens is 1. The maximum absolute atomic E-state index is 13.6. The first-order chi connectivity index (χ1) is 15.6. The smallest absolute Gasteiger partial charge is 0.225 e. The van der Waals surface area contributed by atoms with Gasteiger partial charge in [0.25, 0.3) is 0 Å². The number of likely N-dealkylation sites (tertiary alicyclic amines) is 1.